The van der Waals surface area contributed by atoms with Gasteiger partial charge in [0.05, 0.1) is 4.92 Å². The molecule has 0 atom stereocenters. The molecule has 0 radical (unpaired) electrons. The molecule has 1 aliphatic carbocycles. The SMILES string of the molecule is O=C1C(F)=C(F)C(F)([N+](=O)[O-])C(F)=C1F. The van der Waals surface area contributed by atoms with Crippen LogP contribution in [-0.4, -0.2) is 16.5 Å². The van der Waals surface area contributed by atoms with Crippen LogP contribution in [0.25, 0.3) is 0 Å². The predicted molar refractivity (Wildman–Crippen MR) is 34.3 cm³/mol. The van der Waals surface area contributed by atoms with Gasteiger partial charge in [0.25, 0.3) is 17.4 Å². The number of nitrogens with zero attached hydrogens (tertiary/aromatic N) is 1. The summed E-state index contributed by atoms with van der Waals surface area (Å²) in [5.41, 5.74) is 0. The second-order valence-electron chi connectivity index (χ2n) is 2.46. The summed E-state index contributed by atoms with van der Waals surface area (Å²) >= 11 is 0. The van der Waals surface area contributed by atoms with E-state index in [0.29, 0.717) is 0 Å². The molecule has 0 amide bonds. The van der Waals surface area contributed by atoms with Crippen molar-refractivity contribution in [2.75, 3.05) is 0 Å². The molecule has 0 heterocycles. The van der Waals surface area contributed by atoms with E-state index in [1.54, 1.807) is 0 Å². The van der Waals surface area contributed by atoms with Gasteiger partial charge in [-0.2, -0.15) is 22.0 Å². The second-order valence-corrected chi connectivity index (χ2v) is 2.46. The summed E-state index contributed by atoms with van der Waals surface area (Å²) in [6.07, 6.45) is 0. The number of allylic oxidation sites excluding steroid dienone is 2. The molecule has 0 N–H and O–H groups in total. The van der Waals surface area contributed by atoms with Crippen molar-refractivity contribution in [3.05, 3.63) is 33.4 Å². The molecule has 0 aromatic rings. The van der Waals surface area contributed by atoms with Gasteiger partial charge in [-0.3, -0.25) is 14.9 Å². The highest BCUT2D eigenvalue weighted by molar-refractivity contribution is 6.07. The molecular weight excluding hydrogens is 229 g/mol. The van der Waals surface area contributed by atoms with E-state index in [9.17, 15) is 36.9 Å². The molecule has 9 heteroatoms. The zero-order valence-corrected chi connectivity index (χ0v) is 6.56. The Kier molecular flexibility index (Phi) is 2.33. The topological polar surface area (TPSA) is 60.2 Å². The zero-order chi connectivity index (χ0) is 12.0. The first kappa shape index (κ1) is 11.3. The lowest BCUT2D eigenvalue weighted by molar-refractivity contribution is -0.587. The number of ketones is 1. The van der Waals surface area contributed by atoms with Gasteiger partial charge in [0.2, 0.25) is 11.7 Å². The molecule has 0 bridgehead atoms. The molecule has 0 aliphatic heterocycles. The summed E-state index contributed by atoms with van der Waals surface area (Å²) in [5, 5.41) is 9.93. The Morgan fingerprint density at radius 2 is 1.40 bits per heavy atom. The van der Waals surface area contributed by atoms with Crippen molar-refractivity contribution in [1.82, 2.24) is 0 Å². The number of hydrogen-bond donors (Lipinski definition) is 0. The van der Waals surface area contributed by atoms with Crippen LogP contribution in [0.3, 0.4) is 0 Å². The predicted octanol–water partition coefficient (Wildman–Crippen LogP) is 1.81. The molecule has 82 valence electrons. The number of halogens is 5. The van der Waals surface area contributed by atoms with Crippen LogP contribution in [0.4, 0.5) is 22.0 Å². The highest BCUT2D eigenvalue weighted by Crippen LogP contribution is 2.42. The molecule has 4 nitrogen and oxygen atoms in total. The van der Waals surface area contributed by atoms with Gasteiger partial charge in [-0.25, -0.2) is 0 Å². The lowest BCUT2D eigenvalue weighted by Crippen LogP contribution is -2.39. The Hall–Kier alpha value is -1.80. The third-order valence-corrected chi connectivity index (χ3v) is 1.62. The van der Waals surface area contributed by atoms with Crippen molar-refractivity contribution >= 4 is 5.78 Å². The van der Waals surface area contributed by atoms with E-state index < -0.39 is 39.8 Å². The lowest BCUT2D eigenvalue weighted by Gasteiger charge is -2.16. The van der Waals surface area contributed by atoms with E-state index in [2.05, 4.69) is 0 Å². The molecule has 15 heavy (non-hydrogen) atoms. The molecule has 1 rings (SSSR count). The Morgan fingerprint density at radius 1 is 1.07 bits per heavy atom. The van der Waals surface area contributed by atoms with Gasteiger partial charge in [0.15, 0.2) is 0 Å². The first-order valence-corrected chi connectivity index (χ1v) is 3.24. The molecule has 0 saturated heterocycles. The second kappa shape index (κ2) is 3.11. The third kappa shape index (κ3) is 1.22. The summed E-state index contributed by atoms with van der Waals surface area (Å²) in [7, 11) is 0. The van der Waals surface area contributed by atoms with Gasteiger partial charge in [-0.1, -0.05) is 0 Å². The van der Waals surface area contributed by atoms with Crippen LogP contribution in [0.2, 0.25) is 0 Å². The maximum absolute atomic E-state index is 13.0. The summed E-state index contributed by atoms with van der Waals surface area (Å²) in [4.78, 5) is 18.0. The minimum atomic E-state index is -4.80. The Labute approximate surface area is 77.8 Å². The minimum Gasteiger partial charge on any atom is -0.283 e. The van der Waals surface area contributed by atoms with Crippen molar-refractivity contribution in [2.45, 2.75) is 5.79 Å². The van der Waals surface area contributed by atoms with Crippen molar-refractivity contribution < 1.29 is 31.7 Å². The van der Waals surface area contributed by atoms with Crippen LogP contribution < -0.4 is 0 Å². The summed E-state index contributed by atoms with van der Waals surface area (Å²) in [5.74, 6) is -18.3. The number of nitro groups is 1. The summed E-state index contributed by atoms with van der Waals surface area (Å²) in [6.45, 7) is 0. The lowest BCUT2D eigenvalue weighted by atomic mass is 10.0. The van der Waals surface area contributed by atoms with Gasteiger partial charge in [-0.15, -0.1) is 0 Å². The van der Waals surface area contributed by atoms with Gasteiger partial charge in [0.1, 0.15) is 0 Å². The number of hydrogen-bond acceptors (Lipinski definition) is 3. The van der Waals surface area contributed by atoms with E-state index in [0.717, 1.165) is 0 Å². The Morgan fingerprint density at radius 3 is 1.67 bits per heavy atom. The van der Waals surface area contributed by atoms with Gasteiger partial charge >= 0.3 is 5.79 Å². The standard InChI is InChI=1S/C6F5NO3/c7-1-3(13)2(8)5(10)6(11,4(1)9)12(14)15. The zero-order valence-electron chi connectivity index (χ0n) is 6.56. The van der Waals surface area contributed by atoms with Crippen LogP contribution in [0.5, 0.6) is 0 Å². The van der Waals surface area contributed by atoms with E-state index >= 15 is 0 Å². The maximum atomic E-state index is 13.0. The van der Waals surface area contributed by atoms with Crippen LogP contribution in [-0.2, 0) is 4.79 Å². The van der Waals surface area contributed by atoms with Crippen LogP contribution in [0.15, 0.2) is 23.3 Å². The summed E-state index contributed by atoms with van der Waals surface area (Å²) < 4.78 is 63.0. The Bertz CT molecular complexity index is 398. The highest BCUT2D eigenvalue weighted by Gasteiger charge is 2.62. The van der Waals surface area contributed by atoms with Crippen LogP contribution in [0, 0.1) is 10.1 Å². The first-order valence-electron chi connectivity index (χ1n) is 3.24. The van der Waals surface area contributed by atoms with E-state index in [4.69, 9.17) is 0 Å². The minimum absolute atomic E-state index is 2.22. The molecule has 0 aromatic heterocycles. The summed E-state index contributed by atoms with van der Waals surface area (Å²) in [6, 6.07) is 0. The normalized spacial score (nSPS) is 21.0. The smallest absolute Gasteiger partial charge is 0.283 e. The molecule has 1 aliphatic rings. The van der Waals surface area contributed by atoms with Crippen molar-refractivity contribution in [3.8, 4) is 0 Å². The van der Waals surface area contributed by atoms with Crippen molar-refractivity contribution in [2.24, 2.45) is 0 Å². The number of carbonyl (C=O) groups is 1. The fourth-order valence-electron chi connectivity index (χ4n) is 0.843. The van der Waals surface area contributed by atoms with E-state index in [1.165, 1.54) is 0 Å². The number of rotatable bonds is 1. The van der Waals surface area contributed by atoms with Gasteiger partial charge < -0.3 is 0 Å². The fourth-order valence-corrected chi connectivity index (χ4v) is 0.843. The van der Waals surface area contributed by atoms with Crippen molar-refractivity contribution in [1.29, 1.82) is 0 Å². The first-order chi connectivity index (χ1) is 6.74. The maximum Gasteiger partial charge on any atom is 0.468 e. The third-order valence-electron chi connectivity index (χ3n) is 1.62. The Balaban J connectivity index is 3.54. The quantitative estimate of drug-likeness (QED) is 0.298. The highest BCUT2D eigenvalue weighted by atomic mass is 19.2. The molecule has 0 unspecified atom stereocenters. The van der Waals surface area contributed by atoms with Crippen LogP contribution >= 0.6 is 0 Å². The molecular formula is C6F5NO3. The number of Topliss-reactive ketones (excluding diaryl/α,β-unsaturated/α-hetero) is 1. The fraction of sp³-hybridized carbons (Fsp3) is 0.167. The molecule has 0 saturated carbocycles. The largest absolute Gasteiger partial charge is 0.468 e. The number of alkyl halides is 1. The van der Waals surface area contributed by atoms with Gasteiger partial charge in [0, 0.05) is 0 Å². The average molecular weight is 229 g/mol. The molecule has 0 spiro atoms. The number of carbonyl (C=O) groups excluding carboxylic acids is 1. The van der Waals surface area contributed by atoms with E-state index in [1.807, 2.05) is 0 Å². The average Bonchev–Trinajstić information content (AvgIpc) is 2.20. The van der Waals surface area contributed by atoms with E-state index in [-0.39, 0.29) is 0 Å². The monoisotopic (exact) mass is 229 g/mol. The molecule has 0 aromatic carbocycles. The molecule has 0 fully saturated rings. The van der Waals surface area contributed by atoms with Crippen LogP contribution in [0.1, 0.15) is 0 Å². The van der Waals surface area contributed by atoms with Crippen molar-refractivity contribution in [3.63, 3.8) is 0 Å². The van der Waals surface area contributed by atoms with Gasteiger partial charge in [-0.05, 0) is 0 Å².